The molecule has 1 saturated heterocycles. The molecule has 158 valence electrons. The molecule has 7 nitrogen and oxygen atoms in total. The van der Waals surface area contributed by atoms with E-state index in [1.807, 2.05) is 36.9 Å². The molecule has 2 aromatic rings. The van der Waals surface area contributed by atoms with E-state index in [0.29, 0.717) is 48.7 Å². The molecular weight excluding hydrogens is 372 g/mol. The molecule has 0 aliphatic carbocycles. The molecule has 2 heterocycles. The number of aliphatic hydroxyl groups is 1. The number of piperidine rings is 1. The summed E-state index contributed by atoms with van der Waals surface area (Å²) in [4.78, 5) is 29.6. The minimum absolute atomic E-state index is 0.194. The van der Waals surface area contributed by atoms with Gasteiger partial charge in [0.1, 0.15) is 11.2 Å². The molecule has 0 radical (unpaired) electrons. The average Bonchev–Trinajstić information content (AvgIpc) is 2.68. The van der Waals surface area contributed by atoms with Gasteiger partial charge in [0.2, 0.25) is 0 Å². The fraction of sp³-hybridized carbons (Fsp3) is 0.545. The van der Waals surface area contributed by atoms with E-state index in [4.69, 9.17) is 4.74 Å². The number of pyridine rings is 1. The van der Waals surface area contributed by atoms with Crippen LogP contribution >= 0.6 is 0 Å². The molecule has 3 rings (SSSR count). The number of carbonyl (C=O) groups is 1. The number of ether oxygens (including phenoxy) is 1. The van der Waals surface area contributed by atoms with Crippen LogP contribution in [0.25, 0.3) is 10.9 Å². The highest BCUT2D eigenvalue weighted by molar-refractivity contribution is 5.80. The van der Waals surface area contributed by atoms with Gasteiger partial charge < -0.3 is 19.9 Å². The van der Waals surface area contributed by atoms with Gasteiger partial charge in [0, 0.05) is 31.3 Å². The molecule has 2 atom stereocenters. The van der Waals surface area contributed by atoms with Crippen LogP contribution in [0.2, 0.25) is 0 Å². The summed E-state index contributed by atoms with van der Waals surface area (Å²) in [5.74, 6) is 0.0614. The van der Waals surface area contributed by atoms with E-state index in [-0.39, 0.29) is 12.1 Å². The van der Waals surface area contributed by atoms with E-state index >= 15 is 0 Å². The summed E-state index contributed by atoms with van der Waals surface area (Å²) in [7, 11) is 1.58. The molecule has 0 amide bonds. The number of aromatic nitrogens is 1. The molecule has 0 spiro atoms. The Balaban J connectivity index is 1.85. The lowest BCUT2D eigenvalue weighted by molar-refractivity contribution is -0.165. The number of hydrogen-bond donors (Lipinski definition) is 3. The minimum atomic E-state index is -1.19. The number of aliphatic hydroxyl groups excluding tert-OH is 1. The number of carboxylic acid groups (broad SMARTS) is 1. The fourth-order valence-electron chi connectivity index (χ4n) is 4.12. The number of hydrogen-bond acceptors (Lipinski definition) is 5. The number of H-pyrrole nitrogens is 1. The van der Waals surface area contributed by atoms with Crippen molar-refractivity contribution in [3.63, 3.8) is 0 Å². The monoisotopic (exact) mass is 402 g/mol. The van der Waals surface area contributed by atoms with Crippen molar-refractivity contribution < 1.29 is 19.7 Å². The maximum absolute atomic E-state index is 12.6. The van der Waals surface area contributed by atoms with E-state index in [0.717, 1.165) is 11.8 Å². The normalized spacial score (nSPS) is 22.9. The number of fused-ring (bicyclic) bond motifs is 1. The van der Waals surface area contributed by atoms with Crippen LogP contribution < -0.4 is 10.3 Å². The molecule has 1 aliphatic heterocycles. The van der Waals surface area contributed by atoms with Crippen molar-refractivity contribution in [3.8, 4) is 5.75 Å². The topological polar surface area (TPSA) is 103 Å². The first-order chi connectivity index (χ1) is 13.7. The third kappa shape index (κ3) is 4.46. The molecule has 3 N–H and O–H groups in total. The summed E-state index contributed by atoms with van der Waals surface area (Å²) < 4.78 is 5.20. The number of aromatic amines is 1. The molecule has 1 aromatic heterocycles. The molecule has 1 fully saturated rings. The Morgan fingerprint density at radius 1 is 1.38 bits per heavy atom. The van der Waals surface area contributed by atoms with Gasteiger partial charge in [-0.3, -0.25) is 14.5 Å². The number of carboxylic acids is 1. The van der Waals surface area contributed by atoms with Crippen LogP contribution in [0.5, 0.6) is 5.75 Å². The summed E-state index contributed by atoms with van der Waals surface area (Å²) in [5.41, 5.74) is -0.106. The predicted molar refractivity (Wildman–Crippen MR) is 111 cm³/mol. The molecule has 0 unspecified atom stereocenters. The Kier molecular flexibility index (Phi) is 6.29. The van der Waals surface area contributed by atoms with Gasteiger partial charge in [0.05, 0.1) is 18.7 Å². The van der Waals surface area contributed by atoms with Gasteiger partial charge in [-0.1, -0.05) is 13.8 Å². The van der Waals surface area contributed by atoms with Crippen molar-refractivity contribution in [1.82, 2.24) is 9.88 Å². The Morgan fingerprint density at radius 3 is 2.79 bits per heavy atom. The van der Waals surface area contributed by atoms with Gasteiger partial charge in [0.25, 0.3) is 5.56 Å². The van der Waals surface area contributed by atoms with Gasteiger partial charge in [-0.25, -0.2) is 0 Å². The van der Waals surface area contributed by atoms with Gasteiger partial charge in [-0.2, -0.15) is 0 Å². The quantitative estimate of drug-likeness (QED) is 0.658. The van der Waals surface area contributed by atoms with E-state index in [1.165, 1.54) is 0 Å². The lowest BCUT2D eigenvalue weighted by Gasteiger charge is -2.43. The first-order valence-corrected chi connectivity index (χ1v) is 10.1. The SMILES string of the molecule is COc1ccc2cc(CN3CC[C@H](O)[C@](CCC(C)C)(C(=O)O)C3)c(=O)[nH]c2c1. The van der Waals surface area contributed by atoms with E-state index in [9.17, 15) is 19.8 Å². The predicted octanol–water partition coefficient (Wildman–Crippen LogP) is 2.61. The highest BCUT2D eigenvalue weighted by Gasteiger charge is 2.48. The summed E-state index contributed by atoms with van der Waals surface area (Å²) in [6, 6.07) is 7.34. The molecule has 7 heteroatoms. The molecular formula is C22H30N2O5. The minimum Gasteiger partial charge on any atom is -0.497 e. The maximum atomic E-state index is 12.6. The van der Waals surface area contributed by atoms with Crippen molar-refractivity contribution in [2.24, 2.45) is 11.3 Å². The van der Waals surface area contributed by atoms with E-state index in [1.54, 1.807) is 13.2 Å². The molecule has 0 saturated carbocycles. The fourth-order valence-corrected chi connectivity index (χ4v) is 4.12. The molecule has 1 aliphatic rings. The first-order valence-electron chi connectivity index (χ1n) is 10.1. The van der Waals surface area contributed by atoms with Crippen molar-refractivity contribution in [3.05, 3.63) is 40.2 Å². The van der Waals surface area contributed by atoms with E-state index < -0.39 is 17.5 Å². The number of aliphatic carboxylic acids is 1. The second-order valence-electron chi connectivity index (χ2n) is 8.49. The highest BCUT2D eigenvalue weighted by Crippen LogP contribution is 2.37. The standard InChI is InChI=1S/C22H30N2O5/c1-14(2)6-8-22(21(27)28)13-24(9-7-19(22)25)12-16-10-15-4-5-17(29-3)11-18(15)23-20(16)26/h4-5,10-11,14,19,25H,6-9,12-13H2,1-3H3,(H,23,26)(H,27,28)/t19-,22+/m0/s1. The van der Waals surface area contributed by atoms with Gasteiger partial charge in [-0.15, -0.1) is 0 Å². The Hall–Kier alpha value is -2.38. The highest BCUT2D eigenvalue weighted by atomic mass is 16.5. The van der Waals surface area contributed by atoms with Crippen LogP contribution in [0.15, 0.2) is 29.1 Å². The smallest absolute Gasteiger partial charge is 0.313 e. The Morgan fingerprint density at radius 2 is 2.14 bits per heavy atom. The second-order valence-corrected chi connectivity index (χ2v) is 8.49. The lowest BCUT2D eigenvalue weighted by Crippen LogP contribution is -2.56. The molecule has 29 heavy (non-hydrogen) atoms. The third-order valence-electron chi connectivity index (χ3n) is 5.98. The third-order valence-corrected chi connectivity index (χ3v) is 5.98. The van der Waals surface area contributed by atoms with Gasteiger partial charge in [-0.05, 0) is 48.8 Å². The number of methoxy groups -OCH3 is 1. The van der Waals surface area contributed by atoms with Crippen LogP contribution in [-0.4, -0.2) is 52.4 Å². The first kappa shape index (κ1) is 21.3. The number of likely N-dealkylation sites (tertiary alicyclic amines) is 1. The average molecular weight is 402 g/mol. The molecule has 1 aromatic carbocycles. The number of nitrogens with one attached hydrogen (secondary N) is 1. The number of nitrogens with zero attached hydrogens (tertiary/aromatic N) is 1. The Bertz CT molecular complexity index is 938. The summed E-state index contributed by atoms with van der Waals surface area (Å²) in [6.45, 7) is 5.23. The second kappa shape index (κ2) is 8.55. The summed E-state index contributed by atoms with van der Waals surface area (Å²) in [6.07, 6.45) is 0.658. The van der Waals surface area contributed by atoms with Crippen LogP contribution in [-0.2, 0) is 11.3 Å². The zero-order valence-corrected chi connectivity index (χ0v) is 17.3. The van der Waals surface area contributed by atoms with Crippen LogP contribution in [0, 0.1) is 11.3 Å². The van der Waals surface area contributed by atoms with E-state index in [2.05, 4.69) is 4.98 Å². The zero-order valence-electron chi connectivity index (χ0n) is 17.3. The van der Waals surface area contributed by atoms with Crippen LogP contribution in [0.1, 0.15) is 38.7 Å². The molecule has 0 bridgehead atoms. The number of benzene rings is 1. The summed E-state index contributed by atoms with van der Waals surface area (Å²) in [5, 5.41) is 21.4. The van der Waals surface area contributed by atoms with Crippen LogP contribution in [0.4, 0.5) is 0 Å². The van der Waals surface area contributed by atoms with Crippen molar-refractivity contribution in [1.29, 1.82) is 0 Å². The van der Waals surface area contributed by atoms with Gasteiger partial charge >= 0.3 is 5.97 Å². The van der Waals surface area contributed by atoms with Crippen molar-refractivity contribution in [2.75, 3.05) is 20.2 Å². The maximum Gasteiger partial charge on any atom is 0.313 e. The lowest BCUT2D eigenvalue weighted by atomic mass is 9.72. The van der Waals surface area contributed by atoms with Crippen molar-refractivity contribution >= 4 is 16.9 Å². The van der Waals surface area contributed by atoms with Gasteiger partial charge in [0.15, 0.2) is 0 Å². The summed E-state index contributed by atoms with van der Waals surface area (Å²) >= 11 is 0. The number of rotatable bonds is 7. The van der Waals surface area contributed by atoms with Crippen molar-refractivity contribution in [2.45, 2.75) is 45.8 Å². The van der Waals surface area contributed by atoms with Crippen LogP contribution in [0.3, 0.4) is 0 Å². The largest absolute Gasteiger partial charge is 0.497 e. The Labute approximate surface area is 170 Å². The zero-order chi connectivity index (χ0) is 21.2.